The lowest BCUT2D eigenvalue weighted by molar-refractivity contribution is -0.146. The van der Waals surface area contributed by atoms with Crippen molar-refractivity contribution in [3.05, 3.63) is 29.3 Å². The molecule has 0 fully saturated rings. The van der Waals surface area contributed by atoms with Crippen LogP contribution in [0.5, 0.6) is 5.75 Å². The van der Waals surface area contributed by atoms with Crippen LogP contribution in [0.3, 0.4) is 0 Å². The van der Waals surface area contributed by atoms with E-state index < -0.39 is 12.1 Å². The van der Waals surface area contributed by atoms with Crippen molar-refractivity contribution in [1.82, 2.24) is 0 Å². The molecule has 5 nitrogen and oxygen atoms in total. The molecule has 72 valence electrons. The van der Waals surface area contributed by atoms with E-state index in [9.17, 15) is 4.79 Å². The van der Waals surface area contributed by atoms with Crippen molar-refractivity contribution >= 4 is 5.97 Å². The van der Waals surface area contributed by atoms with Crippen molar-refractivity contribution < 1.29 is 20.1 Å². The minimum absolute atomic E-state index is 0.0298. The van der Waals surface area contributed by atoms with E-state index in [-0.39, 0.29) is 16.9 Å². The van der Waals surface area contributed by atoms with Crippen LogP contribution in [0.4, 0.5) is 0 Å². The molecule has 0 heterocycles. The number of aliphatic hydroxyl groups excluding tert-OH is 1. The molecule has 0 aliphatic carbocycles. The Morgan fingerprint density at radius 1 is 1.50 bits per heavy atom. The van der Waals surface area contributed by atoms with Crippen molar-refractivity contribution in [3.8, 4) is 11.8 Å². The molecule has 0 saturated carbocycles. The largest absolute Gasteiger partial charge is 0.508 e. The molecule has 0 amide bonds. The first-order chi connectivity index (χ1) is 6.56. The van der Waals surface area contributed by atoms with Crippen LogP contribution in [-0.4, -0.2) is 21.3 Å². The maximum atomic E-state index is 10.4. The van der Waals surface area contributed by atoms with E-state index in [1.165, 1.54) is 12.1 Å². The second kappa shape index (κ2) is 3.77. The quantitative estimate of drug-likeness (QED) is 0.630. The van der Waals surface area contributed by atoms with Crippen LogP contribution < -0.4 is 0 Å². The van der Waals surface area contributed by atoms with Gasteiger partial charge in [0.25, 0.3) is 0 Å². The number of phenolic OH excluding ortho intramolecular Hbond substituents is 1. The Labute approximate surface area is 79.5 Å². The van der Waals surface area contributed by atoms with Gasteiger partial charge in [-0.2, -0.15) is 5.26 Å². The number of aromatic hydroxyl groups is 1. The van der Waals surface area contributed by atoms with Crippen molar-refractivity contribution in [2.24, 2.45) is 0 Å². The van der Waals surface area contributed by atoms with E-state index in [1.807, 2.05) is 0 Å². The Morgan fingerprint density at radius 3 is 2.64 bits per heavy atom. The van der Waals surface area contributed by atoms with Gasteiger partial charge in [0, 0.05) is 5.56 Å². The van der Waals surface area contributed by atoms with Gasteiger partial charge in [-0.3, -0.25) is 0 Å². The summed E-state index contributed by atoms with van der Waals surface area (Å²) in [5.41, 5.74) is -0.0855. The van der Waals surface area contributed by atoms with Crippen LogP contribution in [0.25, 0.3) is 0 Å². The van der Waals surface area contributed by atoms with Gasteiger partial charge in [0.2, 0.25) is 0 Å². The zero-order valence-electron chi connectivity index (χ0n) is 7.01. The van der Waals surface area contributed by atoms with E-state index in [2.05, 4.69) is 0 Å². The highest BCUT2D eigenvalue weighted by Gasteiger charge is 2.19. The summed E-state index contributed by atoms with van der Waals surface area (Å²) in [5, 5.41) is 35.3. The maximum Gasteiger partial charge on any atom is 0.337 e. The Kier molecular flexibility index (Phi) is 2.70. The highest BCUT2D eigenvalue weighted by atomic mass is 16.4. The smallest absolute Gasteiger partial charge is 0.337 e. The Morgan fingerprint density at radius 2 is 2.14 bits per heavy atom. The standard InChI is InChI=1S/C9H7NO4/c10-4-5-3-6(11)1-2-7(5)8(12)9(13)14/h1-3,8,11-12H,(H,13,14). The highest BCUT2D eigenvalue weighted by molar-refractivity contribution is 5.75. The molecule has 0 spiro atoms. The van der Waals surface area contributed by atoms with Gasteiger partial charge < -0.3 is 15.3 Å². The molecule has 1 atom stereocenters. The predicted octanol–water partition coefficient (Wildman–Crippen LogP) is 0.382. The number of phenols is 1. The van der Waals surface area contributed by atoms with Gasteiger partial charge in [-0.15, -0.1) is 0 Å². The van der Waals surface area contributed by atoms with Gasteiger partial charge in [-0.1, -0.05) is 6.07 Å². The predicted molar refractivity (Wildman–Crippen MR) is 45.4 cm³/mol. The number of nitriles is 1. The number of rotatable bonds is 2. The van der Waals surface area contributed by atoms with E-state index in [1.54, 1.807) is 6.07 Å². The first kappa shape index (κ1) is 10.0. The van der Waals surface area contributed by atoms with Gasteiger partial charge in [-0.25, -0.2) is 4.79 Å². The molecule has 1 rings (SSSR count). The molecule has 1 unspecified atom stereocenters. The molecule has 0 radical (unpaired) electrons. The normalized spacial score (nSPS) is 11.7. The SMILES string of the molecule is N#Cc1cc(O)ccc1C(O)C(=O)O. The summed E-state index contributed by atoms with van der Waals surface area (Å²) in [6, 6.07) is 5.20. The fraction of sp³-hybridized carbons (Fsp3) is 0.111. The van der Waals surface area contributed by atoms with E-state index in [0.29, 0.717) is 0 Å². The number of nitrogens with zero attached hydrogens (tertiary/aromatic N) is 1. The van der Waals surface area contributed by atoms with Crippen LogP contribution in [0.15, 0.2) is 18.2 Å². The first-order valence-corrected chi connectivity index (χ1v) is 3.70. The number of carboxylic acid groups (broad SMARTS) is 1. The lowest BCUT2D eigenvalue weighted by Gasteiger charge is -2.07. The fourth-order valence-electron chi connectivity index (χ4n) is 1.01. The average Bonchev–Trinajstić information content (AvgIpc) is 2.16. The lowest BCUT2D eigenvalue weighted by atomic mass is 10.0. The molecule has 14 heavy (non-hydrogen) atoms. The summed E-state index contributed by atoms with van der Waals surface area (Å²) in [4.78, 5) is 10.4. The summed E-state index contributed by atoms with van der Waals surface area (Å²) < 4.78 is 0. The summed E-state index contributed by atoms with van der Waals surface area (Å²) in [5.74, 6) is -1.59. The van der Waals surface area contributed by atoms with Crippen LogP contribution in [0.1, 0.15) is 17.2 Å². The highest BCUT2D eigenvalue weighted by Crippen LogP contribution is 2.21. The number of hydrogen-bond acceptors (Lipinski definition) is 4. The third-order valence-corrected chi connectivity index (χ3v) is 1.69. The topological polar surface area (TPSA) is 102 Å². The monoisotopic (exact) mass is 193 g/mol. The van der Waals surface area contributed by atoms with Gasteiger partial charge >= 0.3 is 5.97 Å². The molecule has 5 heteroatoms. The minimum Gasteiger partial charge on any atom is -0.508 e. The van der Waals surface area contributed by atoms with Gasteiger partial charge in [-0.05, 0) is 12.1 Å². The number of aliphatic carboxylic acids is 1. The Bertz CT molecular complexity index is 408. The zero-order valence-corrected chi connectivity index (χ0v) is 7.01. The second-order valence-corrected chi connectivity index (χ2v) is 2.62. The van der Waals surface area contributed by atoms with E-state index in [0.717, 1.165) is 6.07 Å². The Hall–Kier alpha value is -2.06. The van der Waals surface area contributed by atoms with Gasteiger partial charge in [0.05, 0.1) is 11.6 Å². The summed E-state index contributed by atoms with van der Waals surface area (Å²) in [7, 11) is 0. The van der Waals surface area contributed by atoms with E-state index in [4.69, 9.17) is 20.6 Å². The minimum atomic E-state index is -1.75. The molecular formula is C9H7NO4. The first-order valence-electron chi connectivity index (χ1n) is 3.70. The van der Waals surface area contributed by atoms with E-state index >= 15 is 0 Å². The van der Waals surface area contributed by atoms with Crippen LogP contribution in [0, 0.1) is 11.3 Å². The number of benzene rings is 1. The molecule has 0 bridgehead atoms. The van der Waals surface area contributed by atoms with Crippen LogP contribution >= 0.6 is 0 Å². The Balaban J connectivity index is 3.22. The molecule has 1 aromatic carbocycles. The zero-order chi connectivity index (χ0) is 10.7. The second-order valence-electron chi connectivity index (χ2n) is 2.62. The summed E-state index contributed by atoms with van der Waals surface area (Å²) >= 11 is 0. The molecule has 0 aliphatic heterocycles. The number of hydrogen-bond donors (Lipinski definition) is 3. The summed E-state index contributed by atoms with van der Waals surface area (Å²) in [6.45, 7) is 0. The van der Waals surface area contributed by atoms with Gasteiger partial charge in [0.15, 0.2) is 6.10 Å². The van der Waals surface area contributed by atoms with Crippen molar-refractivity contribution in [1.29, 1.82) is 5.26 Å². The molecule has 0 aliphatic rings. The average molecular weight is 193 g/mol. The number of carboxylic acids is 1. The summed E-state index contributed by atoms with van der Waals surface area (Å²) in [6.07, 6.45) is -1.75. The van der Waals surface area contributed by atoms with Crippen molar-refractivity contribution in [3.63, 3.8) is 0 Å². The van der Waals surface area contributed by atoms with Crippen LogP contribution in [0.2, 0.25) is 0 Å². The maximum absolute atomic E-state index is 10.4. The van der Waals surface area contributed by atoms with Crippen molar-refractivity contribution in [2.45, 2.75) is 6.10 Å². The van der Waals surface area contributed by atoms with Crippen molar-refractivity contribution in [2.75, 3.05) is 0 Å². The number of aliphatic hydroxyl groups is 1. The third kappa shape index (κ3) is 1.81. The van der Waals surface area contributed by atoms with Crippen LogP contribution in [-0.2, 0) is 4.79 Å². The molecule has 0 aromatic heterocycles. The molecule has 0 saturated heterocycles. The third-order valence-electron chi connectivity index (χ3n) is 1.69. The molecular weight excluding hydrogens is 186 g/mol. The number of carbonyl (C=O) groups is 1. The lowest BCUT2D eigenvalue weighted by Crippen LogP contribution is -2.11. The molecule has 1 aromatic rings. The fourth-order valence-corrected chi connectivity index (χ4v) is 1.01. The molecule has 3 N–H and O–H groups in total. The van der Waals surface area contributed by atoms with Gasteiger partial charge in [0.1, 0.15) is 5.75 Å².